The number of aromatic nitrogens is 2. The van der Waals surface area contributed by atoms with Crippen molar-refractivity contribution in [2.75, 3.05) is 13.7 Å². The van der Waals surface area contributed by atoms with Crippen LogP contribution >= 0.6 is 0 Å². The Bertz CT molecular complexity index is 1430. The maximum Gasteiger partial charge on any atom is 0.323 e. The van der Waals surface area contributed by atoms with Crippen molar-refractivity contribution in [2.24, 2.45) is 0 Å². The summed E-state index contributed by atoms with van der Waals surface area (Å²) in [7, 11) is 1.41. The zero-order valence-corrected chi connectivity index (χ0v) is 20.8. The lowest BCUT2D eigenvalue weighted by Crippen LogP contribution is -2.37. The fourth-order valence-corrected chi connectivity index (χ4v) is 5.07. The highest BCUT2D eigenvalue weighted by Gasteiger charge is 2.38. The first kappa shape index (κ1) is 23.8. The number of benzene rings is 3. The second-order valence-corrected chi connectivity index (χ2v) is 9.45. The number of ether oxygens (including phenoxy) is 1. The van der Waals surface area contributed by atoms with Gasteiger partial charge in [0.15, 0.2) is 0 Å². The van der Waals surface area contributed by atoms with Gasteiger partial charge in [-0.3, -0.25) is 14.5 Å². The van der Waals surface area contributed by atoms with E-state index in [4.69, 9.17) is 4.74 Å². The smallest absolute Gasteiger partial charge is 0.323 e. The number of carbonyl (C=O) groups excluding carboxylic acids is 2. The van der Waals surface area contributed by atoms with Gasteiger partial charge in [-0.25, -0.2) is 4.68 Å². The molecule has 1 aromatic heterocycles. The number of hydrogen-bond donors (Lipinski definition) is 1. The van der Waals surface area contributed by atoms with Crippen LogP contribution < -0.4 is 5.32 Å². The van der Waals surface area contributed by atoms with Crippen molar-refractivity contribution >= 4 is 22.6 Å². The van der Waals surface area contributed by atoms with Crippen LogP contribution in [0.2, 0.25) is 0 Å². The van der Waals surface area contributed by atoms with Gasteiger partial charge in [0.25, 0.3) is 5.91 Å². The highest BCUT2D eigenvalue weighted by Crippen LogP contribution is 2.24. The van der Waals surface area contributed by atoms with Crippen LogP contribution in [0.5, 0.6) is 0 Å². The predicted octanol–water partition coefficient (Wildman–Crippen LogP) is 4.19. The first-order valence-electron chi connectivity index (χ1n) is 12.2. The van der Waals surface area contributed by atoms with Crippen molar-refractivity contribution in [3.63, 3.8) is 0 Å². The van der Waals surface area contributed by atoms with Gasteiger partial charge in [-0.05, 0) is 66.9 Å². The van der Waals surface area contributed by atoms with Crippen LogP contribution in [-0.4, -0.2) is 52.3 Å². The van der Waals surface area contributed by atoms with E-state index in [9.17, 15) is 9.59 Å². The number of likely N-dealkylation sites (tertiary alicyclic amines) is 1. The number of hydrogen-bond acceptors (Lipinski definition) is 5. The molecule has 1 N–H and O–H groups in total. The second kappa shape index (κ2) is 9.95. The van der Waals surface area contributed by atoms with Crippen molar-refractivity contribution < 1.29 is 14.3 Å². The lowest BCUT2D eigenvalue weighted by Gasteiger charge is -2.22. The van der Waals surface area contributed by atoms with E-state index in [2.05, 4.69) is 45.6 Å². The Labute approximate surface area is 210 Å². The number of esters is 1. The number of aryl methyl sites for hydroxylation is 2. The molecule has 1 saturated heterocycles. The zero-order chi connectivity index (χ0) is 25.2. The Morgan fingerprint density at radius 1 is 1.00 bits per heavy atom. The normalized spacial score (nSPS) is 17.9. The van der Waals surface area contributed by atoms with E-state index in [-0.39, 0.29) is 17.9 Å². The van der Waals surface area contributed by atoms with Crippen LogP contribution in [0.25, 0.3) is 16.5 Å². The topological polar surface area (TPSA) is 76.5 Å². The molecule has 2 atom stereocenters. The van der Waals surface area contributed by atoms with Crippen LogP contribution in [0.1, 0.15) is 33.7 Å². The second-order valence-electron chi connectivity index (χ2n) is 9.45. The van der Waals surface area contributed by atoms with Gasteiger partial charge in [0, 0.05) is 30.4 Å². The molecule has 7 heteroatoms. The third-order valence-electron chi connectivity index (χ3n) is 6.77. The summed E-state index contributed by atoms with van der Waals surface area (Å²) in [6, 6.07) is 23.4. The average molecular weight is 483 g/mol. The Balaban J connectivity index is 1.31. The highest BCUT2D eigenvalue weighted by molar-refractivity contribution is 5.95. The molecule has 2 heterocycles. The predicted molar refractivity (Wildman–Crippen MR) is 139 cm³/mol. The number of amides is 1. The number of methoxy groups -OCH3 is 1. The third-order valence-corrected chi connectivity index (χ3v) is 6.77. The molecule has 184 valence electrons. The summed E-state index contributed by atoms with van der Waals surface area (Å²) in [5.41, 5.74) is 4.44. The molecule has 0 radical (unpaired) electrons. The number of nitrogens with zero attached hydrogens (tertiary/aromatic N) is 3. The summed E-state index contributed by atoms with van der Waals surface area (Å²) in [5.74, 6) is -0.446. The van der Waals surface area contributed by atoms with Crippen LogP contribution in [0.3, 0.4) is 0 Å². The molecule has 0 aliphatic carbocycles. The molecule has 0 unspecified atom stereocenters. The summed E-state index contributed by atoms with van der Waals surface area (Å²) in [5, 5.41) is 9.99. The van der Waals surface area contributed by atoms with Crippen LogP contribution in [0.4, 0.5) is 0 Å². The molecule has 3 aromatic carbocycles. The van der Waals surface area contributed by atoms with E-state index in [1.807, 2.05) is 54.9 Å². The minimum Gasteiger partial charge on any atom is -0.468 e. The van der Waals surface area contributed by atoms with Crippen molar-refractivity contribution in [3.8, 4) is 5.69 Å². The molecule has 36 heavy (non-hydrogen) atoms. The molecule has 1 aliphatic heterocycles. The summed E-state index contributed by atoms with van der Waals surface area (Å²) in [6.45, 7) is 5.10. The van der Waals surface area contributed by atoms with Crippen LogP contribution in [-0.2, 0) is 16.1 Å². The van der Waals surface area contributed by atoms with Crippen molar-refractivity contribution in [2.45, 2.75) is 38.9 Å². The number of carbonyl (C=O) groups is 2. The first-order chi connectivity index (χ1) is 17.4. The van der Waals surface area contributed by atoms with Gasteiger partial charge in [-0.2, -0.15) is 5.10 Å². The average Bonchev–Trinajstić information content (AvgIpc) is 3.44. The van der Waals surface area contributed by atoms with Gasteiger partial charge in [0.1, 0.15) is 6.04 Å². The summed E-state index contributed by atoms with van der Waals surface area (Å²) >= 11 is 0. The third kappa shape index (κ3) is 4.88. The quantitative estimate of drug-likeness (QED) is 0.417. The summed E-state index contributed by atoms with van der Waals surface area (Å²) in [6.07, 6.45) is 0.503. The number of rotatable bonds is 6. The van der Waals surface area contributed by atoms with Crippen LogP contribution in [0, 0.1) is 13.8 Å². The van der Waals surface area contributed by atoms with Gasteiger partial charge in [-0.15, -0.1) is 0 Å². The van der Waals surface area contributed by atoms with Gasteiger partial charge in [0.2, 0.25) is 0 Å². The summed E-state index contributed by atoms with van der Waals surface area (Å²) in [4.78, 5) is 27.8. The fourth-order valence-electron chi connectivity index (χ4n) is 5.07. The molecule has 1 amide bonds. The Morgan fingerprint density at radius 3 is 2.56 bits per heavy atom. The molecule has 1 fully saturated rings. The Morgan fingerprint density at radius 2 is 1.81 bits per heavy atom. The van der Waals surface area contributed by atoms with E-state index in [1.165, 1.54) is 12.5 Å². The highest BCUT2D eigenvalue weighted by atomic mass is 16.5. The minimum atomic E-state index is -0.409. The SMILES string of the molecule is COC(=O)[C@@H]1C[C@@H](NC(=O)c2cccc(-n3nc(C)cc3C)c2)CN1Cc1ccc2ccccc2c1. The van der Waals surface area contributed by atoms with E-state index in [0.717, 1.165) is 28.0 Å². The molecular formula is C29H30N4O3. The lowest BCUT2D eigenvalue weighted by molar-refractivity contribution is -0.146. The molecular weight excluding hydrogens is 452 g/mol. The van der Waals surface area contributed by atoms with E-state index in [1.54, 1.807) is 6.07 Å². The molecule has 0 saturated carbocycles. The van der Waals surface area contributed by atoms with E-state index < -0.39 is 6.04 Å². The maximum absolute atomic E-state index is 13.2. The zero-order valence-electron chi connectivity index (χ0n) is 20.8. The molecule has 1 aliphatic rings. The molecule has 0 bridgehead atoms. The number of nitrogens with one attached hydrogen (secondary N) is 1. The van der Waals surface area contributed by atoms with E-state index in [0.29, 0.717) is 25.1 Å². The van der Waals surface area contributed by atoms with Gasteiger partial charge in [0.05, 0.1) is 18.5 Å². The Kier molecular flexibility index (Phi) is 6.57. The van der Waals surface area contributed by atoms with Gasteiger partial charge < -0.3 is 10.1 Å². The lowest BCUT2D eigenvalue weighted by atomic mass is 10.1. The van der Waals surface area contributed by atoms with Gasteiger partial charge in [-0.1, -0.05) is 42.5 Å². The number of fused-ring (bicyclic) bond motifs is 1. The fraction of sp³-hybridized carbons (Fsp3) is 0.276. The standard InChI is InChI=1S/C29H30N4O3/c1-19-13-20(2)33(31-19)26-10-6-9-24(15-26)28(34)30-25-16-27(29(35)36-3)32(18-25)17-21-11-12-22-7-4-5-8-23(22)14-21/h4-15,25,27H,16-18H2,1-3H3,(H,30,34)/t25-,27+/m1/s1. The Hall–Kier alpha value is -3.97. The molecule has 7 nitrogen and oxygen atoms in total. The monoisotopic (exact) mass is 482 g/mol. The van der Waals surface area contributed by atoms with E-state index >= 15 is 0 Å². The van der Waals surface area contributed by atoms with Crippen molar-refractivity contribution in [1.82, 2.24) is 20.0 Å². The molecule has 4 aromatic rings. The molecule has 0 spiro atoms. The van der Waals surface area contributed by atoms with Crippen molar-refractivity contribution in [1.29, 1.82) is 0 Å². The van der Waals surface area contributed by atoms with Crippen molar-refractivity contribution in [3.05, 3.63) is 95.3 Å². The minimum absolute atomic E-state index is 0.167. The molecule has 5 rings (SSSR count). The maximum atomic E-state index is 13.2. The first-order valence-corrected chi connectivity index (χ1v) is 12.2. The largest absolute Gasteiger partial charge is 0.468 e. The summed E-state index contributed by atoms with van der Waals surface area (Å²) < 4.78 is 6.92. The van der Waals surface area contributed by atoms with Gasteiger partial charge >= 0.3 is 5.97 Å². The van der Waals surface area contributed by atoms with Crippen LogP contribution in [0.15, 0.2) is 72.8 Å².